The fourth-order valence-corrected chi connectivity index (χ4v) is 3.61. The van der Waals surface area contributed by atoms with Crippen molar-refractivity contribution in [2.45, 2.75) is 25.8 Å². The second-order valence-corrected chi connectivity index (χ2v) is 6.95. The number of carbonyl (C=O) groups is 1. The zero-order chi connectivity index (χ0) is 17.8. The molecule has 8 heteroatoms. The summed E-state index contributed by atoms with van der Waals surface area (Å²) < 4.78 is 7.30. The molecule has 4 rings (SSSR count). The Bertz CT molecular complexity index is 728. The van der Waals surface area contributed by atoms with Gasteiger partial charge in [0, 0.05) is 50.6 Å². The molecule has 2 fully saturated rings. The fraction of sp³-hybridized carbons (Fsp3) is 0.556. The molecule has 4 heterocycles. The Balaban J connectivity index is 1.38. The number of hydrogen-bond donors (Lipinski definition) is 1. The van der Waals surface area contributed by atoms with Crippen molar-refractivity contribution in [3.05, 3.63) is 30.7 Å². The zero-order valence-corrected chi connectivity index (χ0v) is 14.8. The molecule has 2 saturated heterocycles. The highest BCUT2D eigenvalue weighted by Gasteiger charge is 2.28. The Morgan fingerprint density at radius 1 is 1.27 bits per heavy atom. The number of piperidine rings is 1. The molecule has 2 aliphatic heterocycles. The van der Waals surface area contributed by atoms with Crippen molar-refractivity contribution in [3.63, 3.8) is 0 Å². The SMILES string of the molecule is O=C(Nc1ccnn1C[C@@H]1CCOC1)[C@H]1CCCN(c2ncccn2)C1. The molecule has 0 aliphatic carbocycles. The van der Waals surface area contributed by atoms with Crippen molar-refractivity contribution < 1.29 is 9.53 Å². The topological polar surface area (TPSA) is 85.2 Å². The van der Waals surface area contributed by atoms with Crippen LogP contribution in [0.15, 0.2) is 30.7 Å². The Labute approximate surface area is 152 Å². The van der Waals surface area contributed by atoms with Crippen LogP contribution in [0, 0.1) is 11.8 Å². The Morgan fingerprint density at radius 3 is 2.96 bits per heavy atom. The third kappa shape index (κ3) is 3.85. The number of rotatable bonds is 5. The zero-order valence-electron chi connectivity index (χ0n) is 14.8. The molecule has 26 heavy (non-hydrogen) atoms. The van der Waals surface area contributed by atoms with Crippen molar-refractivity contribution in [1.29, 1.82) is 0 Å². The average Bonchev–Trinajstić information content (AvgIpc) is 3.35. The third-order valence-corrected chi connectivity index (χ3v) is 5.05. The van der Waals surface area contributed by atoms with Crippen molar-refractivity contribution in [1.82, 2.24) is 19.7 Å². The molecule has 2 aromatic heterocycles. The summed E-state index contributed by atoms with van der Waals surface area (Å²) in [6.07, 6.45) is 8.07. The highest BCUT2D eigenvalue weighted by molar-refractivity contribution is 5.92. The average molecular weight is 356 g/mol. The Kier molecular flexibility index (Phi) is 5.10. The highest BCUT2D eigenvalue weighted by atomic mass is 16.5. The first-order valence-corrected chi connectivity index (χ1v) is 9.22. The van der Waals surface area contributed by atoms with E-state index >= 15 is 0 Å². The van der Waals surface area contributed by atoms with Crippen molar-refractivity contribution in [2.75, 3.05) is 36.5 Å². The molecule has 8 nitrogen and oxygen atoms in total. The van der Waals surface area contributed by atoms with Crippen LogP contribution < -0.4 is 10.2 Å². The van der Waals surface area contributed by atoms with Crippen molar-refractivity contribution in [2.24, 2.45) is 11.8 Å². The van der Waals surface area contributed by atoms with Crippen LogP contribution in [0.2, 0.25) is 0 Å². The van der Waals surface area contributed by atoms with Gasteiger partial charge in [0.1, 0.15) is 5.82 Å². The molecule has 0 unspecified atom stereocenters. The minimum atomic E-state index is -0.0780. The summed E-state index contributed by atoms with van der Waals surface area (Å²) >= 11 is 0. The first-order chi connectivity index (χ1) is 12.8. The number of aromatic nitrogens is 4. The van der Waals surface area contributed by atoms with E-state index < -0.39 is 0 Å². The first kappa shape index (κ1) is 17.0. The molecule has 0 aromatic carbocycles. The van der Waals surface area contributed by atoms with Gasteiger partial charge in [0.05, 0.1) is 18.7 Å². The summed E-state index contributed by atoms with van der Waals surface area (Å²) in [6.45, 7) is 3.88. The smallest absolute Gasteiger partial charge is 0.230 e. The summed E-state index contributed by atoms with van der Waals surface area (Å²) in [5.74, 6) is 1.87. The molecule has 0 spiro atoms. The van der Waals surface area contributed by atoms with Crippen LogP contribution in [0.5, 0.6) is 0 Å². The third-order valence-electron chi connectivity index (χ3n) is 5.05. The minimum Gasteiger partial charge on any atom is -0.381 e. The maximum atomic E-state index is 12.8. The van der Waals surface area contributed by atoms with Gasteiger partial charge in [-0.15, -0.1) is 0 Å². The maximum Gasteiger partial charge on any atom is 0.230 e. The molecule has 138 valence electrons. The van der Waals surface area contributed by atoms with E-state index in [0.717, 1.165) is 51.4 Å². The number of nitrogens with one attached hydrogen (secondary N) is 1. The lowest BCUT2D eigenvalue weighted by Gasteiger charge is -2.31. The molecule has 0 radical (unpaired) electrons. The van der Waals surface area contributed by atoms with E-state index in [2.05, 4.69) is 25.3 Å². The van der Waals surface area contributed by atoms with Gasteiger partial charge in [0.15, 0.2) is 0 Å². The Morgan fingerprint density at radius 2 is 2.15 bits per heavy atom. The molecule has 1 N–H and O–H groups in total. The van der Waals surface area contributed by atoms with E-state index in [1.54, 1.807) is 24.7 Å². The maximum absolute atomic E-state index is 12.8. The van der Waals surface area contributed by atoms with E-state index in [0.29, 0.717) is 18.4 Å². The van der Waals surface area contributed by atoms with Crippen LogP contribution in [-0.2, 0) is 16.1 Å². The largest absolute Gasteiger partial charge is 0.381 e. The Hall–Kier alpha value is -2.48. The van der Waals surface area contributed by atoms with E-state index in [9.17, 15) is 4.79 Å². The van der Waals surface area contributed by atoms with Gasteiger partial charge >= 0.3 is 0 Å². The monoisotopic (exact) mass is 356 g/mol. The van der Waals surface area contributed by atoms with Crippen molar-refractivity contribution >= 4 is 17.7 Å². The van der Waals surface area contributed by atoms with E-state index in [1.165, 1.54) is 0 Å². The van der Waals surface area contributed by atoms with Gasteiger partial charge in [-0.2, -0.15) is 5.10 Å². The molecule has 0 bridgehead atoms. The van der Waals surface area contributed by atoms with E-state index in [1.807, 2.05) is 10.7 Å². The van der Waals surface area contributed by atoms with Gasteiger partial charge in [0.25, 0.3) is 0 Å². The molecule has 2 aliphatic rings. The molecule has 1 amide bonds. The quantitative estimate of drug-likeness (QED) is 0.875. The minimum absolute atomic E-state index is 0.0371. The van der Waals surface area contributed by atoms with Crippen LogP contribution in [0.3, 0.4) is 0 Å². The number of anilines is 2. The number of hydrogen-bond acceptors (Lipinski definition) is 6. The van der Waals surface area contributed by atoms with Gasteiger partial charge in [-0.25, -0.2) is 14.6 Å². The highest BCUT2D eigenvalue weighted by Crippen LogP contribution is 2.22. The van der Waals surface area contributed by atoms with Crippen LogP contribution >= 0.6 is 0 Å². The van der Waals surface area contributed by atoms with E-state index in [-0.39, 0.29) is 11.8 Å². The van der Waals surface area contributed by atoms with Gasteiger partial charge in [0.2, 0.25) is 11.9 Å². The summed E-state index contributed by atoms with van der Waals surface area (Å²) in [5, 5.41) is 7.42. The van der Waals surface area contributed by atoms with Crippen molar-refractivity contribution in [3.8, 4) is 0 Å². The lowest BCUT2D eigenvalue weighted by molar-refractivity contribution is -0.120. The van der Waals surface area contributed by atoms with E-state index in [4.69, 9.17) is 4.74 Å². The fourth-order valence-electron chi connectivity index (χ4n) is 3.61. The number of amides is 1. The number of carbonyl (C=O) groups excluding carboxylic acids is 1. The standard InChI is InChI=1S/C18H24N6O2/c25-17(15-3-1-9-23(12-15)18-19-6-2-7-20-18)22-16-4-8-21-24(16)11-14-5-10-26-13-14/h2,4,6-8,14-15H,1,3,5,9-13H2,(H,22,25)/t14-,15-/m0/s1. The van der Waals surface area contributed by atoms with Crippen LogP contribution in [-0.4, -0.2) is 52.0 Å². The summed E-state index contributed by atoms with van der Waals surface area (Å²) in [5.41, 5.74) is 0. The lowest BCUT2D eigenvalue weighted by atomic mass is 9.97. The predicted molar refractivity (Wildman–Crippen MR) is 96.8 cm³/mol. The van der Waals surface area contributed by atoms with Gasteiger partial charge in [-0.05, 0) is 25.3 Å². The van der Waals surface area contributed by atoms with Gasteiger partial charge in [-0.1, -0.05) is 0 Å². The molecular formula is C18H24N6O2. The molecule has 2 aromatic rings. The first-order valence-electron chi connectivity index (χ1n) is 9.22. The van der Waals surface area contributed by atoms with Gasteiger partial charge < -0.3 is 15.0 Å². The van der Waals surface area contributed by atoms with Crippen LogP contribution in [0.25, 0.3) is 0 Å². The predicted octanol–water partition coefficient (Wildman–Crippen LogP) is 1.56. The molecular weight excluding hydrogens is 332 g/mol. The van der Waals surface area contributed by atoms with Crippen LogP contribution in [0.1, 0.15) is 19.3 Å². The second-order valence-electron chi connectivity index (χ2n) is 6.95. The second kappa shape index (κ2) is 7.82. The number of nitrogens with zero attached hydrogens (tertiary/aromatic N) is 5. The molecule has 2 atom stereocenters. The molecule has 0 saturated carbocycles. The number of ether oxygens (including phenoxy) is 1. The summed E-state index contributed by atoms with van der Waals surface area (Å²) in [6, 6.07) is 3.66. The normalized spacial score (nSPS) is 23.2. The van der Waals surface area contributed by atoms with Gasteiger partial charge in [-0.3, -0.25) is 4.79 Å². The lowest BCUT2D eigenvalue weighted by Crippen LogP contribution is -2.41. The summed E-state index contributed by atoms with van der Waals surface area (Å²) in [7, 11) is 0. The summed E-state index contributed by atoms with van der Waals surface area (Å²) in [4.78, 5) is 23.5. The van der Waals surface area contributed by atoms with Crippen LogP contribution in [0.4, 0.5) is 11.8 Å².